The molecular formula is C18H22N6. The van der Waals surface area contributed by atoms with Crippen molar-refractivity contribution in [3.63, 3.8) is 0 Å². The number of hydrogen-bond acceptors (Lipinski definition) is 6. The molecule has 3 rings (SSSR count). The van der Waals surface area contributed by atoms with Gasteiger partial charge in [0.1, 0.15) is 5.82 Å². The summed E-state index contributed by atoms with van der Waals surface area (Å²) in [6.45, 7) is 2.10. The Bertz CT molecular complexity index is 685. The van der Waals surface area contributed by atoms with E-state index in [0.29, 0.717) is 18.4 Å². The van der Waals surface area contributed by atoms with Crippen LogP contribution in [0.1, 0.15) is 24.8 Å². The molecule has 124 valence electrons. The summed E-state index contributed by atoms with van der Waals surface area (Å²) in [6, 6.07) is 12.6. The molecule has 6 nitrogen and oxygen atoms in total. The first-order valence-electron chi connectivity index (χ1n) is 8.37. The van der Waals surface area contributed by atoms with E-state index < -0.39 is 0 Å². The largest absolute Gasteiger partial charge is 0.367 e. The van der Waals surface area contributed by atoms with E-state index in [1.54, 1.807) is 6.20 Å². The zero-order valence-electron chi connectivity index (χ0n) is 13.6. The van der Waals surface area contributed by atoms with Crippen LogP contribution in [0.5, 0.6) is 0 Å². The van der Waals surface area contributed by atoms with Crippen molar-refractivity contribution >= 4 is 17.5 Å². The quantitative estimate of drug-likeness (QED) is 0.758. The van der Waals surface area contributed by atoms with E-state index in [1.807, 2.05) is 30.3 Å². The minimum atomic E-state index is 0.466. The monoisotopic (exact) mass is 322 g/mol. The Morgan fingerprint density at radius 2 is 1.96 bits per heavy atom. The summed E-state index contributed by atoms with van der Waals surface area (Å²) in [5, 5.41) is 18.7. The van der Waals surface area contributed by atoms with Crippen LogP contribution in [0.3, 0.4) is 0 Å². The highest BCUT2D eigenvalue weighted by atomic mass is 15.1. The van der Waals surface area contributed by atoms with Crippen LogP contribution in [0.4, 0.5) is 17.5 Å². The molecule has 0 aliphatic carbocycles. The summed E-state index contributed by atoms with van der Waals surface area (Å²) < 4.78 is 0. The van der Waals surface area contributed by atoms with Crippen LogP contribution in [-0.2, 0) is 6.42 Å². The minimum Gasteiger partial charge on any atom is -0.367 e. The van der Waals surface area contributed by atoms with Crippen LogP contribution in [-0.4, -0.2) is 29.1 Å². The molecule has 0 atom stereocenters. The number of piperidine rings is 1. The van der Waals surface area contributed by atoms with Gasteiger partial charge in [-0.3, -0.25) is 0 Å². The average molecular weight is 322 g/mol. The predicted molar refractivity (Wildman–Crippen MR) is 95.2 cm³/mol. The van der Waals surface area contributed by atoms with Gasteiger partial charge in [0.05, 0.1) is 6.07 Å². The normalized spacial score (nSPS) is 14.8. The van der Waals surface area contributed by atoms with E-state index in [1.165, 1.54) is 0 Å². The second-order valence-corrected chi connectivity index (χ2v) is 5.91. The fourth-order valence-corrected chi connectivity index (χ4v) is 2.76. The molecular weight excluding hydrogens is 300 g/mol. The number of nitrogens with one attached hydrogen (secondary N) is 3. The van der Waals surface area contributed by atoms with Gasteiger partial charge in [0.2, 0.25) is 5.95 Å². The van der Waals surface area contributed by atoms with Crippen molar-refractivity contribution in [2.75, 3.05) is 23.7 Å². The number of rotatable bonds is 6. The van der Waals surface area contributed by atoms with Crippen molar-refractivity contribution in [2.45, 2.75) is 31.7 Å². The van der Waals surface area contributed by atoms with E-state index in [0.717, 1.165) is 49.4 Å². The lowest BCUT2D eigenvalue weighted by molar-refractivity contribution is 0.478. The fourth-order valence-electron chi connectivity index (χ4n) is 2.76. The molecule has 0 radical (unpaired) electrons. The zero-order valence-corrected chi connectivity index (χ0v) is 13.6. The maximum absolute atomic E-state index is 8.63. The Hall–Kier alpha value is -2.65. The van der Waals surface area contributed by atoms with Gasteiger partial charge in [0.25, 0.3) is 0 Å². The fraction of sp³-hybridized carbons (Fsp3) is 0.389. The number of anilines is 3. The van der Waals surface area contributed by atoms with Gasteiger partial charge >= 0.3 is 0 Å². The molecule has 0 amide bonds. The first-order valence-corrected chi connectivity index (χ1v) is 8.37. The molecule has 2 aromatic rings. The maximum Gasteiger partial charge on any atom is 0.229 e. The maximum atomic E-state index is 8.63. The Morgan fingerprint density at radius 3 is 2.71 bits per heavy atom. The summed E-state index contributed by atoms with van der Waals surface area (Å²) in [6.07, 6.45) is 5.30. The van der Waals surface area contributed by atoms with Gasteiger partial charge < -0.3 is 16.0 Å². The molecule has 6 heteroatoms. The topological polar surface area (TPSA) is 85.7 Å². The number of benzene rings is 1. The third kappa shape index (κ3) is 4.67. The molecule has 24 heavy (non-hydrogen) atoms. The first-order chi connectivity index (χ1) is 11.8. The van der Waals surface area contributed by atoms with Gasteiger partial charge in [-0.15, -0.1) is 0 Å². The van der Waals surface area contributed by atoms with Gasteiger partial charge in [-0.05, 0) is 56.1 Å². The van der Waals surface area contributed by atoms with Gasteiger partial charge in [-0.25, -0.2) is 4.98 Å². The van der Waals surface area contributed by atoms with Crippen molar-refractivity contribution < 1.29 is 0 Å². The lowest BCUT2D eigenvalue weighted by Crippen LogP contribution is -2.35. The number of aryl methyl sites for hydroxylation is 1. The predicted octanol–water partition coefficient (Wildman–Crippen LogP) is 2.84. The van der Waals surface area contributed by atoms with Crippen molar-refractivity contribution in [1.29, 1.82) is 5.26 Å². The number of hydrogen-bond donors (Lipinski definition) is 3. The van der Waals surface area contributed by atoms with Crippen molar-refractivity contribution in [1.82, 2.24) is 15.3 Å². The molecule has 0 spiro atoms. The molecule has 1 fully saturated rings. The van der Waals surface area contributed by atoms with Crippen molar-refractivity contribution in [3.8, 4) is 6.07 Å². The SMILES string of the molecule is N#CCCc1ccc(Nc2nccc(NC3CCNCC3)n2)cc1. The second-order valence-electron chi connectivity index (χ2n) is 5.91. The smallest absolute Gasteiger partial charge is 0.229 e. The molecule has 2 heterocycles. The summed E-state index contributed by atoms with van der Waals surface area (Å²) in [5.74, 6) is 1.43. The molecule has 0 bridgehead atoms. The van der Waals surface area contributed by atoms with Crippen LogP contribution in [0.15, 0.2) is 36.5 Å². The summed E-state index contributed by atoms with van der Waals surface area (Å²) in [7, 11) is 0. The Kier molecular flexibility index (Phi) is 5.59. The average Bonchev–Trinajstić information content (AvgIpc) is 2.62. The highest BCUT2D eigenvalue weighted by Gasteiger charge is 2.13. The highest BCUT2D eigenvalue weighted by Crippen LogP contribution is 2.17. The molecule has 1 aliphatic rings. The number of aromatic nitrogens is 2. The number of nitriles is 1. The zero-order chi connectivity index (χ0) is 16.6. The summed E-state index contributed by atoms with van der Waals surface area (Å²) in [4.78, 5) is 8.82. The first kappa shape index (κ1) is 16.2. The van der Waals surface area contributed by atoms with Crippen LogP contribution in [0.25, 0.3) is 0 Å². The van der Waals surface area contributed by atoms with Gasteiger partial charge in [-0.2, -0.15) is 10.2 Å². The van der Waals surface area contributed by atoms with Crippen LogP contribution in [0.2, 0.25) is 0 Å². The van der Waals surface area contributed by atoms with Crippen molar-refractivity contribution in [2.24, 2.45) is 0 Å². The number of nitrogens with zero attached hydrogens (tertiary/aromatic N) is 3. The molecule has 1 aromatic heterocycles. The van der Waals surface area contributed by atoms with E-state index in [4.69, 9.17) is 5.26 Å². The molecule has 1 saturated heterocycles. The van der Waals surface area contributed by atoms with Crippen molar-refractivity contribution in [3.05, 3.63) is 42.1 Å². The Labute approximate surface area is 142 Å². The third-order valence-corrected chi connectivity index (χ3v) is 4.08. The van der Waals surface area contributed by atoms with E-state index in [-0.39, 0.29) is 0 Å². The van der Waals surface area contributed by atoms with E-state index in [9.17, 15) is 0 Å². The van der Waals surface area contributed by atoms with Crippen LogP contribution in [0, 0.1) is 11.3 Å². The molecule has 3 N–H and O–H groups in total. The van der Waals surface area contributed by atoms with E-state index >= 15 is 0 Å². The van der Waals surface area contributed by atoms with Gasteiger partial charge in [0, 0.05) is 24.3 Å². The standard InChI is InChI=1S/C18H22N6/c19-10-1-2-14-3-5-15(6-4-14)23-18-21-13-9-17(24-18)22-16-7-11-20-12-8-16/h3-6,9,13,16,20H,1-2,7-8,11-12H2,(H2,21,22,23,24). The molecule has 1 aliphatic heterocycles. The Balaban J connectivity index is 1.60. The van der Waals surface area contributed by atoms with E-state index in [2.05, 4.69) is 32.0 Å². The highest BCUT2D eigenvalue weighted by molar-refractivity contribution is 5.55. The minimum absolute atomic E-state index is 0.466. The van der Waals surface area contributed by atoms with Gasteiger partial charge in [0.15, 0.2) is 0 Å². The lowest BCUT2D eigenvalue weighted by atomic mass is 10.1. The summed E-state index contributed by atoms with van der Waals surface area (Å²) in [5.41, 5.74) is 2.10. The lowest BCUT2D eigenvalue weighted by Gasteiger charge is -2.24. The Morgan fingerprint density at radius 1 is 1.17 bits per heavy atom. The molecule has 0 unspecified atom stereocenters. The third-order valence-electron chi connectivity index (χ3n) is 4.08. The molecule has 1 aromatic carbocycles. The van der Waals surface area contributed by atoms with Crippen LogP contribution >= 0.6 is 0 Å². The van der Waals surface area contributed by atoms with Gasteiger partial charge in [-0.1, -0.05) is 12.1 Å². The molecule has 0 saturated carbocycles. The summed E-state index contributed by atoms with van der Waals surface area (Å²) >= 11 is 0. The van der Waals surface area contributed by atoms with Crippen LogP contribution < -0.4 is 16.0 Å². The second kappa shape index (κ2) is 8.27.